The largest absolute Gasteiger partial charge is 0.395 e. The van der Waals surface area contributed by atoms with Crippen LogP contribution in [0.25, 0.3) is 0 Å². The summed E-state index contributed by atoms with van der Waals surface area (Å²) in [5.41, 5.74) is 0. The van der Waals surface area contributed by atoms with Gasteiger partial charge < -0.3 is 8.85 Å². The minimum absolute atomic E-state index is 0.879. The Hall–Kier alpha value is 1.60. The van der Waals surface area contributed by atoms with Crippen molar-refractivity contribution >= 4 is 53.7 Å². The molecule has 0 unspecified atom stereocenters. The van der Waals surface area contributed by atoms with E-state index in [1.807, 2.05) is 0 Å². The maximum Gasteiger partial charge on any atom is 0.331 e. The quantitative estimate of drug-likeness (QED) is 0.169. The molecule has 0 saturated carbocycles. The molecule has 0 bridgehead atoms. The van der Waals surface area contributed by atoms with Crippen LogP contribution in [0.3, 0.4) is 0 Å². The second-order valence-corrected chi connectivity index (χ2v) is 10.1. The minimum atomic E-state index is -1.83. The Morgan fingerprint density at radius 2 is 1.12 bits per heavy atom. The number of hydrogen-bond acceptors (Lipinski definition) is 2. The summed E-state index contributed by atoms with van der Waals surface area (Å²) in [7, 11) is -1.83. The molecule has 0 heterocycles. The van der Waals surface area contributed by atoms with Crippen LogP contribution in [0.1, 0.15) is 38.5 Å². The molecule has 0 fully saturated rings. The van der Waals surface area contributed by atoms with E-state index >= 15 is 0 Å². The molecule has 0 radical (unpaired) electrons. The number of halogens is 2. The van der Waals surface area contributed by atoms with Crippen LogP contribution in [0.2, 0.25) is 13.1 Å². The van der Waals surface area contributed by atoms with Gasteiger partial charge in [-0.3, -0.25) is 0 Å². The fourth-order valence-electron chi connectivity index (χ4n) is 1.42. The Morgan fingerprint density at radius 1 is 0.706 bits per heavy atom. The second kappa shape index (κ2) is 12.6. The number of alkyl halides is 2. The van der Waals surface area contributed by atoms with E-state index in [0.717, 1.165) is 13.2 Å². The van der Waals surface area contributed by atoms with Crippen molar-refractivity contribution in [2.75, 3.05) is 22.1 Å². The monoisotopic (exact) mass is 484 g/mol. The Balaban J connectivity index is 3.38. The maximum absolute atomic E-state index is 5.90. The van der Waals surface area contributed by atoms with Crippen molar-refractivity contribution in [2.45, 2.75) is 51.6 Å². The molecule has 0 aliphatic carbocycles. The molecule has 0 N–H and O–H groups in total. The lowest BCUT2D eigenvalue weighted by Crippen LogP contribution is -2.35. The van der Waals surface area contributed by atoms with Crippen molar-refractivity contribution in [3.05, 3.63) is 0 Å². The van der Waals surface area contributed by atoms with Crippen molar-refractivity contribution in [3.8, 4) is 0 Å². The zero-order valence-corrected chi connectivity index (χ0v) is 16.5. The standard InChI is InChI=1S/C12H26I2O2Si/c1-17(2,15-11-7-3-5-9-13)16-12-8-4-6-10-14/h3-12H2,1-2H3. The van der Waals surface area contributed by atoms with Crippen molar-refractivity contribution in [2.24, 2.45) is 0 Å². The molecule has 0 aromatic carbocycles. The lowest BCUT2D eigenvalue weighted by molar-refractivity contribution is 0.173. The van der Waals surface area contributed by atoms with Gasteiger partial charge in [-0.25, -0.2) is 0 Å². The van der Waals surface area contributed by atoms with Crippen LogP contribution in [-0.2, 0) is 8.85 Å². The zero-order chi connectivity index (χ0) is 13.0. The van der Waals surface area contributed by atoms with Gasteiger partial charge in [-0.1, -0.05) is 58.0 Å². The number of hydrogen-bond donors (Lipinski definition) is 0. The molecule has 0 aliphatic heterocycles. The van der Waals surface area contributed by atoms with Crippen molar-refractivity contribution < 1.29 is 8.85 Å². The lowest BCUT2D eigenvalue weighted by Gasteiger charge is -2.22. The van der Waals surface area contributed by atoms with Gasteiger partial charge in [-0.15, -0.1) is 0 Å². The van der Waals surface area contributed by atoms with E-state index in [1.165, 1.54) is 47.4 Å². The van der Waals surface area contributed by atoms with Gasteiger partial charge in [-0.2, -0.15) is 0 Å². The molecular weight excluding hydrogens is 458 g/mol. The van der Waals surface area contributed by atoms with E-state index in [2.05, 4.69) is 58.3 Å². The van der Waals surface area contributed by atoms with Gasteiger partial charge in [-0.05, 0) is 47.6 Å². The van der Waals surface area contributed by atoms with Gasteiger partial charge in [0.15, 0.2) is 0 Å². The highest BCUT2D eigenvalue weighted by Gasteiger charge is 2.23. The van der Waals surface area contributed by atoms with E-state index in [9.17, 15) is 0 Å². The van der Waals surface area contributed by atoms with Crippen LogP contribution in [0.15, 0.2) is 0 Å². The first-order valence-corrected chi connectivity index (χ1v) is 12.4. The summed E-state index contributed by atoms with van der Waals surface area (Å²) >= 11 is 4.85. The molecule has 0 atom stereocenters. The topological polar surface area (TPSA) is 18.5 Å². The molecular formula is C12H26I2O2Si. The smallest absolute Gasteiger partial charge is 0.331 e. The normalized spacial score (nSPS) is 12.0. The van der Waals surface area contributed by atoms with Crippen molar-refractivity contribution in [3.63, 3.8) is 0 Å². The number of rotatable bonds is 12. The predicted molar refractivity (Wildman–Crippen MR) is 94.9 cm³/mol. The summed E-state index contributed by atoms with van der Waals surface area (Å²) in [6, 6.07) is 0. The van der Waals surface area contributed by atoms with Crippen molar-refractivity contribution in [1.82, 2.24) is 0 Å². The Kier molecular flexibility index (Phi) is 13.8. The van der Waals surface area contributed by atoms with E-state index in [4.69, 9.17) is 8.85 Å². The van der Waals surface area contributed by atoms with E-state index < -0.39 is 8.56 Å². The molecule has 17 heavy (non-hydrogen) atoms. The fourth-order valence-corrected chi connectivity index (χ4v) is 3.86. The first-order chi connectivity index (χ1) is 8.12. The van der Waals surface area contributed by atoms with Crippen LogP contribution in [0, 0.1) is 0 Å². The molecule has 0 amide bonds. The zero-order valence-electron chi connectivity index (χ0n) is 11.1. The van der Waals surface area contributed by atoms with Crippen LogP contribution >= 0.6 is 45.2 Å². The van der Waals surface area contributed by atoms with Gasteiger partial charge in [0.1, 0.15) is 0 Å². The summed E-state index contributed by atoms with van der Waals surface area (Å²) in [6.45, 7) is 6.07. The van der Waals surface area contributed by atoms with Crippen molar-refractivity contribution in [1.29, 1.82) is 0 Å². The summed E-state index contributed by atoms with van der Waals surface area (Å²) < 4.78 is 14.3. The second-order valence-electron chi connectivity index (χ2n) is 4.60. The maximum atomic E-state index is 5.90. The Labute approximate surface area is 135 Å². The molecule has 2 nitrogen and oxygen atoms in total. The third kappa shape index (κ3) is 13.8. The molecule has 104 valence electrons. The van der Waals surface area contributed by atoms with E-state index in [-0.39, 0.29) is 0 Å². The van der Waals surface area contributed by atoms with Gasteiger partial charge in [0.25, 0.3) is 0 Å². The van der Waals surface area contributed by atoms with Gasteiger partial charge in [0, 0.05) is 13.2 Å². The molecule has 0 saturated heterocycles. The molecule has 0 aromatic rings. The van der Waals surface area contributed by atoms with Crippen LogP contribution in [-0.4, -0.2) is 30.6 Å². The SMILES string of the molecule is C[Si](C)(OCCCCCI)OCCCCCI. The third-order valence-electron chi connectivity index (χ3n) is 2.46. The molecule has 0 aliphatic rings. The summed E-state index contributed by atoms with van der Waals surface area (Å²) in [5, 5.41) is 0. The highest BCUT2D eigenvalue weighted by Crippen LogP contribution is 2.10. The van der Waals surface area contributed by atoms with Crippen LogP contribution in [0.4, 0.5) is 0 Å². The van der Waals surface area contributed by atoms with Gasteiger partial charge >= 0.3 is 8.56 Å². The highest BCUT2D eigenvalue weighted by molar-refractivity contribution is 14.1. The third-order valence-corrected chi connectivity index (χ3v) is 5.78. The molecule has 0 rings (SSSR count). The summed E-state index contributed by atoms with van der Waals surface area (Å²) in [5.74, 6) is 0. The fraction of sp³-hybridized carbons (Fsp3) is 1.00. The lowest BCUT2D eigenvalue weighted by atomic mass is 10.3. The Bertz CT molecular complexity index is 153. The average Bonchev–Trinajstić information content (AvgIpc) is 2.28. The van der Waals surface area contributed by atoms with Crippen LogP contribution < -0.4 is 0 Å². The molecule has 5 heteroatoms. The first kappa shape index (κ1) is 18.6. The summed E-state index contributed by atoms with van der Waals surface area (Å²) in [6.07, 6.45) is 7.54. The molecule has 0 spiro atoms. The first-order valence-electron chi connectivity index (χ1n) is 6.52. The molecule has 0 aromatic heterocycles. The summed E-state index contributed by atoms with van der Waals surface area (Å²) in [4.78, 5) is 0. The number of unbranched alkanes of at least 4 members (excludes halogenated alkanes) is 4. The average molecular weight is 484 g/mol. The van der Waals surface area contributed by atoms with E-state index in [0.29, 0.717) is 0 Å². The van der Waals surface area contributed by atoms with Gasteiger partial charge in [0.2, 0.25) is 0 Å². The highest BCUT2D eigenvalue weighted by atomic mass is 127. The van der Waals surface area contributed by atoms with Crippen LogP contribution in [0.5, 0.6) is 0 Å². The van der Waals surface area contributed by atoms with Gasteiger partial charge in [0.05, 0.1) is 0 Å². The Morgan fingerprint density at radius 3 is 1.47 bits per heavy atom. The predicted octanol–water partition coefficient (Wildman–Crippen LogP) is 4.93. The van der Waals surface area contributed by atoms with E-state index in [1.54, 1.807) is 0 Å². The minimum Gasteiger partial charge on any atom is -0.395 e.